The molecule has 2 aromatic heterocycles. The van der Waals surface area contributed by atoms with E-state index < -0.39 is 17.8 Å². The molecular formula is C19H22F3N5O2S. The first-order chi connectivity index (χ1) is 14.3. The second kappa shape index (κ2) is 9.63. The zero-order valence-electron chi connectivity index (χ0n) is 16.3. The van der Waals surface area contributed by atoms with Gasteiger partial charge in [-0.1, -0.05) is 48.7 Å². The van der Waals surface area contributed by atoms with Crippen LogP contribution < -0.4 is 5.73 Å². The quantitative estimate of drug-likeness (QED) is 0.474. The summed E-state index contributed by atoms with van der Waals surface area (Å²) >= 11 is 1.03. The zero-order valence-corrected chi connectivity index (χ0v) is 17.1. The van der Waals surface area contributed by atoms with Gasteiger partial charge in [0.25, 0.3) is 0 Å². The Morgan fingerprint density at radius 2 is 2.00 bits per heavy atom. The maximum absolute atomic E-state index is 13.7. The first kappa shape index (κ1) is 22.3. The Balaban J connectivity index is 1.89. The number of aromatic nitrogens is 4. The van der Waals surface area contributed by atoms with Crippen molar-refractivity contribution in [3.05, 3.63) is 34.7 Å². The molecule has 0 aliphatic rings. The topological polar surface area (TPSA) is 111 Å². The van der Waals surface area contributed by atoms with Gasteiger partial charge in [0.1, 0.15) is 10.0 Å². The Labute approximate surface area is 175 Å². The maximum atomic E-state index is 13.7. The van der Waals surface area contributed by atoms with Gasteiger partial charge in [0.2, 0.25) is 11.7 Å². The monoisotopic (exact) mass is 441 g/mol. The third kappa shape index (κ3) is 5.21. The molecular weight excluding hydrogens is 419 g/mol. The smallest absolute Gasteiger partial charge is 0.394 e. The summed E-state index contributed by atoms with van der Waals surface area (Å²) in [4.78, 5) is 4.15. The Morgan fingerprint density at radius 1 is 1.20 bits per heavy atom. The molecule has 162 valence electrons. The molecule has 0 saturated carbocycles. The fourth-order valence-corrected chi connectivity index (χ4v) is 3.69. The fourth-order valence-electron chi connectivity index (χ4n) is 2.85. The molecule has 3 N–H and O–H groups in total. The van der Waals surface area contributed by atoms with Gasteiger partial charge in [0, 0.05) is 17.5 Å². The van der Waals surface area contributed by atoms with Crippen molar-refractivity contribution >= 4 is 11.3 Å². The largest absolute Gasteiger partial charge is 0.417 e. The van der Waals surface area contributed by atoms with Crippen molar-refractivity contribution in [1.29, 1.82) is 0 Å². The normalized spacial score (nSPS) is 13.0. The van der Waals surface area contributed by atoms with E-state index in [1.54, 1.807) is 0 Å². The lowest BCUT2D eigenvalue weighted by atomic mass is 10.0. The number of halogens is 3. The molecule has 0 bridgehead atoms. The number of alkyl halides is 3. The predicted molar refractivity (Wildman–Crippen MR) is 105 cm³/mol. The first-order valence-electron chi connectivity index (χ1n) is 9.58. The molecule has 3 rings (SSSR count). The lowest BCUT2D eigenvalue weighted by molar-refractivity contribution is -0.137. The molecule has 30 heavy (non-hydrogen) atoms. The average Bonchev–Trinajstić information content (AvgIpc) is 3.39. The summed E-state index contributed by atoms with van der Waals surface area (Å²) in [6.07, 6.45) is -0.0839. The van der Waals surface area contributed by atoms with E-state index in [4.69, 9.17) is 15.4 Å². The van der Waals surface area contributed by atoms with Crippen LogP contribution in [0, 0.1) is 0 Å². The third-order valence-electron chi connectivity index (χ3n) is 4.48. The van der Waals surface area contributed by atoms with Gasteiger partial charge in [-0.2, -0.15) is 18.2 Å². The second-order valence-electron chi connectivity index (χ2n) is 6.82. The number of aliphatic hydroxyl groups is 1. The number of hydrogen-bond donors (Lipinski definition) is 2. The number of rotatable bonds is 9. The van der Waals surface area contributed by atoms with Crippen LogP contribution in [-0.2, 0) is 12.6 Å². The summed E-state index contributed by atoms with van der Waals surface area (Å²) in [5.41, 5.74) is 4.88. The minimum atomic E-state index is -4.62. The number of unbranched alkanes of at least 4 members (excludes halogenated alkanes) is 3. The van der Waals surface area contributed by atoms with Crippen molar-refractivity contribution in [1.82, 2.24) is 20.3 Å². The number of aliphatic hydroxyl groups excluding tert-OH is 1. The van der Waals surface area contributed by atoms with Crippen LogP contribution in [0.2, 0.25) is 0 Å². The van der Waals surface area contributed by atoms with Crippen LogP contribution >= 0.6 is 11.3 Å². The van der Waals surface area contributed by atoms with Crippen LogP contribution in [0.25, 0.3) is 22.0 Å². The van der Waals surface area contributed by atoms with Crippen molar-refractivity contribution in [2.45, 2.75) is 51.2 Å². The highest BCUT2D eigenvalue weighted by Crippen LogP contribution is 2.39. The molecule has 7 nitrogen and oxygen atoms in total. The standard InChI is InChI=1S/C19H22F3N5O2S/c1-2-3-4-5-6-15-24-16(27-29-15)12-8-7-11(9-13(12)19(20,21)22)17-25-26-18(30-17)14(23)10-28/h7-9,14,28H,2-6,10,23H2,1H3. The number of nitrogens with zero attached hydrogens (tertiary/aromatic N) is 4. The van der Waals surface area contributed by atoms with Crippen molar-refractivity contribution in [3.8, 4) is 22.0 Å². The van der Waals surface area contributed by atoms with Crippen LogP contribution in [0.5, 0.6) is 0 Å². The highest BCUT2D eigenvalue weighted by Gasteiger charge is 2.35. The van der Waals surface area contributed by atoms with E-state index in [1.165, 1.54) is 12.1 Å². The van der Waals surface area contributed by atoms with Crippen LogP contribution in [0.1, 0.15) is 55.1 Å². The molecule has 1 aromatic carbocycles. The van der Waals surface area contributed by atoms with E-state index in [0.29, 0.717) is 17.3 Å². The minimum Gasteiger partial charge on any atom is -0.394 e. The molecule has 0 fully saturated rings. The van der Waals surface area contributed by atoms with Gasteiger partial charge < -0.3 is 15.4 Å². The number of hydrogen-bond acceptors (Lipinski definition) is 8. The Bertz CT molecular complexity index is 973. The predicted octanol–water partition coefficient (Wildman–Crippen LogP) is 4.39. The highest BCUT2D eigenvalue weighted by molar-refractivity contribution is 7.14. The molecule has 0 amide bonds. The summed E-state index contributed by atoms with van der Waals surface area (Å²) in [5.74, 6) is 0.227. The Morgan fingerprint density at radius 3 is 2.70 bits per heavy atom. The van der Waals surface area contributed by atoms with Gasteiger partial charge in [0.15, 0.2) is 0 Å². The van der Waals surface area contributed by atoms with E-state index in [2.05, 4.69) is 27.3 Å². The van der Waals surface area contributed by atoms with Gasteiger partial charge in [-0.15, -0.1) is 10.2 Å². The molecule has 11 heteroatoms. The zero-order chi connectivity index (χ0) is 21.7. The summed E-state index contributed by atoms with van der Waals surface area (Å²) in [6.45, 7) is 1.76. The van der Waals surface area contributed by atoms with Crippen LogP contribution in [0.15, 0.2) is 22.7 Å². The highest BCUT2D eigenvalue weighted by atomic mass is 32.1. The molecule has 0 aliphatic carbocycles. The van der Waals surface area contributed by atoms with Gasteiger partial charge in [0.05, 0.1) is 18.2 Å². The molecule has 1 unspecified atom stereocenters. The molecule has 0 aliphatic heterocycles. The van der Waals surface area contributed by atoms with Crippen molar-refractivity contribution in [2.24, 2.45) is 5.73 Å². The van der Waals surface area contributed by atoms with Crippen LogP contribution in [0.3, 0.4) is 0 Å². The molecule has 0 radical (unpaired) electrons. The summed E-state index contributed by atoms with van der Waals surface area (Å²) in [5, 5.41) is 21.2. The van der Waals surface area contributed by atoms with E-state index in [-0.39, 0.29) is 28.6 Å². The minimum absolute atomic E-state index is 0.0976. The van der Waals surface area contributed by atoms with E-state index in [1.807, 2.05) is 0 Å². The van der Waals surface area contributed by atoms with Gasteiger partial charge in [-0.3, -0.25) is 0 Å². The average molecular weight is 441 g/mol. The summed E-state index contributed by atoms with van der Waals surface area (Å²) in [7, 11) is 0. The SMILES string of the molecule is CCCCCCc1nc(-c2ccc(-c3nnc(C(N)CO)s3)cc2C(F)(F)F)no1. The van der Waals surface area contributed by atoms with Crippen molar-refractivity contribution in [2.75, 3.05) is 6.61 Å². The van der Waals surface area contributed by atoms with E-state index in [0.717, 1.165) is 43.1 Å². The molecule has 0 saturated heterocycles. The van der Waals surface area contributed by atoms with Crippen LogP contribution in [-0.4, -0.2) is 32.1 Å². The summed E-state index contributed by atoms with van der Waals surface area (Å²) < 4.78 is 46.4. The molecule has 0 spiro atoms. The van der Waals surface area contributed by atoms with Gasteiger partial charge in [-0.05, 0) is 18.6 Å². The molecule has 2 heterocycles. The van der Waals surface area contributed by atoms with E-state index in [9.17, 15) is 13.2 Å². The third-order valence-corrected chi connectivity index (χ3v) is 5.58. The molecule has 3 aromatic rings. The van der Waals surface area contributed by atoms with Gasteiger partial charge >= 0.3 is 6.18 Å². The van der Waals surface area contributed by atoms with Crippen molar-refractivity contribution < 1.29 is 22.8 Å². The van der Waals surface area contributed by atoms with Crippen molar-refractivity contribution in [3.63, 3.8) is 0 Å². The molecule has 1 atom stereocenters. The van der Waals surface area contributed by atoms with E-state index >= 15 is 0 Å². The second-order valence-corrected chi connectivity index (χ2v) is 7.82. The Hall–Kier alpha value is -2.37. The summed E-state index contributed by atoms with van der Waals surface area (Å²) in [6, 6.07) is 3.06. The first-order valence-corrected chi connectivity index (χ1v) is 10.4. The lowest BCUT2D eigenvalue weighted by Gasteiger charge is -2.11. The maximum Gasteiger partial charge on any atom is 0.417 e. The number of aryl methyl sites for hydroxylation is 1. The Kier molecular flexibility index (Phi) is 7.16. The van der Waals surface area contributed by atoms with Gasteiger partial charge in [-0.25, -0.2) is 0 Å². The number of nitrogens with two attached hydrogens (primary N) is 1. The van der Waals surface area contributed by atoms with Crippen LogP contribution in [0.4, 0.5) is 13.2 Å². The number of benzene rings is 1. The fraction of sp³-hybridized carbons (Fsp3) is 0.474. The lowest BCUT2D eigenvalue weighted by Crippen LogP contribution is -2.13.